The normalized spacial score (nSPS) is 15.3. The Morgan fingerprint density at radius 1 is 1.10 bits per heavy atom. The Hall–Kier alpha value is -1.99. The van der Waals surface area contributed by atoms with E-state index in [2.05, 4.69) is 27.3 Å². The van der Waals surface area contributed by atoms with Gasteiger partial charge in [0.1, 0.15) is 0 Å². The van der Waals surface area contributed by atoms with E-state index in [1.54, 1.807) is 7.11 Å². The summed E-state index contributed by atoms with van der Waals surface area (Å²) in [4.78, 5) is 6.79. The molecule has 1 heterocycles. The number of hydrogen-bond acceptors (Lipinski definition) is 5. The second kappa shape index (κ2) is 14.1. The fourth-order valence-corrected chi connectivity index (χ4v) is 3.59. The standard InChI is InChI=1S/C23H39N3O4/c1-5-28-21-9-8-19(18-22(21)29-6-2)10-13-25-23(24-3)26-14-11-20(12-15-26)30-17-7-16-27-4/h8-9,18,20H,5-7,10-17H2,1-4H3,(H,24,25). The number of aliphatic imine (C=N–C) groups is 1. The van der Waals surface area contributed by atoms with Crippen molar-refractivity contribution < 1.29 is 18.9 Å². The minimum atomic E-state index is 0.344. The first kappa shape index (κ1) is 24.3. The molecule has 0 aromatic heterocycles. The van der Waals surface area contributed by atoms with Crippen LogP contribution in [0.3, 0.4) is 0 Å². The molecule has 7 heteroatoms. The number of guanidine groups is 1. The van der Waals surface area contributed by atoms with Crippen LogP contribution in [0.4, 0.5) is 0 Å². The number of piperidine rings is 1. The lowest BCUT2D eigenvalue weighted by atomic mass is 10.1. The molecule has 30 heavy (non-hydrogen) atoms. The Bertz CT molecular complexity index is 631. The van der Waals surface area contributed by atoms with Gasteiger partial charge in [-0.2, -0.15) is 0 Å². The van der Waals surface area contributed by atoms with E-state index in [-0.39, 0.29) is 0 Å². The molecule has 1 aromatic carbocycles. The van der Waals surface area contributed by atoms with Crippen LogP contribution in [0.2, 0.25) is 0 Å². The van der Waals surface area contributed by atoms with Crippen molar-refractivity contribution in [2.24, 2.45) is 4.99 Å². The Balaban J connectivity index is 1.76. The Labute approximate surface area is 181 Å². The Kier molecular flexibility index (Phi) is 11.4. The summed E-state index contributed by atoms with van der Waals surface area (Å²) in [5.74, 6) is 2.58. The molecule has 0 amide bonds. The highest BCUT2D eigenvalue weighted by Crippen LogP contribution is 2.28. The molecule has 2 rings (SSSR count). The summed E-state index contributed by atoms with van der Waals surface area (Å²) >= 11 is 0. The van der Waals surface area contributed by atoms with Crippen molar-refractivity contribution >= 4 is 5.96 Å². The monoisotopic (exact) mass is 421 g/mol. The highest BCUT2D eigenvalue weighted by atomic mass is 16.5. The summed E-state index contributed by atoms with van der Waals surface area (Å²) in [5.41, 5.74) is 1.22. The summed E-state index contributed by atoms with van der Waals surface area (Å²) in [5, 5.41) is 3.50. The van der Waals surface area contributed by atoms with Crippen LogP contribution in [0.25, 0.3) is 0 Å². The van der Waals surface area contributed by atoms with E-state index in [1.807, 2.05) is 27.0 Å². The Morgan fingerprint density at radius 3 is 2.50 bits per heavy atom. The van der Waals surface area contributed by atoms with E-state index < -0.39 is 0 Å². The first-order valence-corrected chi connectivity index (χ1v) is 11.2. The van der Waals surface area contributed by atoms with Crippen LogP contribution in [-0.2, 0) is 15.9 Å². The summed E-state index contributed by atoms with van der Waals surface area (Å²) in [6, 6.07) is 6.17. The van der Waals surface area contributed by atoms with Crippen molar-refractivity contribution in [1.29, 1.82) is 0 Å². The highest BCUT2D eigenvalue weighted by Gasteiger charge is 2.21. The fraction of sp³-hybridized carbons (Fsp3) is 0.696. The molecule has 0 aliphatic carbocycles. The molecule has 0 atom stereocenters. The summed E-state index contributed by atoms with van der Waals surface area (Å²) < 4.78 is 22.4. The fourth-order valence-electron chi connectivity index (χ4n) is 3.59. The molecule has 1 fully saturated rings. The molecule has 170 valence electrons. The zero-order valence-corrected chi connectivity index (χ0v) is 19.1. The van der Waals surface area contributed by atoms with Gasteiger partial charge in [0.2, 0.25) is 0 Å². The first-order valence-electron chi connectivity index (χ1n) is 11.2. The third-order valence-corrected chi connectivity index (χ3v) is 5.10. The van der Waals surface area contributed by atoms with Crippen LogP contribution >= 0.6 is 0 Å². The quantitative estimate of drug-likeness (QED) is 0.318. The van der Waals surface area contributed by atoms with Crippen LogP contribution in [0.15, 0.2) is 23.2 Å². The number of nitrogens with zero attached hydrogens (tertiary/aromatic N) is 2. The third kappa shape index (κ3) is 8.03. The third-order valence-electron chi connectivity index (χ3n) is 5.10. The summed E-state index contributed by atoms with van der Waals surface area (Å²) in [7, 11) is 3.57. The number of benzene rings is 1. The van der Waals surface area contributed by atoms with Gasteiger partial charge in [-0.15, -0.1) is 0 Å². The molecule has 1 aromatic rings. The lowest BCUT2D eigenvalue weighted by Crippen LogP contribution is -2.47. The molecule has 0 unspecified atom stereocenters. The molecule has 0 bridgehead atoms. The maximum atomic E-state index is 5.95. The van der Waals surface area contributed by atoms with Crippen LogP contribution in [-0.4, -0.2) is 77.2 Å². The van der Waals surface area contributed by atoms with E-state index in [1.165, 1.54) is 5.56 Å². The molecule has 1 N–H and O–H groups in total. The topological polar surface area (TPSA) is 64.6 Å². The number of nitrogens with one attached hydrogen (secondary N) is 1. The average Bonchev–Trinajstić information content (AvgIpc) is 2.77. The van der Waals surface area contributed by atoms with Gasteiger partial charge >= 0.3 is 0 Å². The van der Waals surface area contributed by atoms with Crippen molar-refractivity contribution in [2.45, 2.75) is 45.6 Å². The van der Waals surface area contributed by atoms with E-state index in [0.29, 0.717) is 19.3 Å². The van der Waals surface area contributed by atoms with Gasteiger partial charge in [-0.05, 0) is 57.2 Å². The van der Waals surface area contributed by atoms with Crippen molar-refractivity contribution in [3.8, 4) is 11.5 Å². The molecule has 1 aliphatic heterocycles. The lowest BCUT2D eigenvalue weighted by molar-refractivity contribution is 0.00992. The number of hydrogen-bond donors (Lipinski definition) is 1. The van der Waals surface area contributed by atoms with Crippen LogP contribution in [0.5, 0.6) is 11.5 Å². The van der Waals surface area contributed by atoms with Gasteiger partial charge < -0.3 is 29.2 Å². The molecular formula is C23H39N3O4. The molecule has 0 radical (unpaired) electrons. The van der Waals surface area contributed by atoms with Gasteiger partial charge in [-0.1, -0.05) is 6.07 Å². The average molecular weight is 422 g/mol. The van der Waals surface area contributed by atoms with E-state index in [0.717, 1.165) is 76.0 Å². The second-order valence-corrected chi connectivity index (χ2v) is 7.27. The van der Waals surface area contributed by atoms with Crippen molar-refractivity contribution in [1.82, 2.24) is 10.2 Å². The van der Waals surface area contributed by atoms with E-state index in [4.69, 9.17) is 18.9 Å². The smallest absolute Gasteiger partial charge is 0.193 e. The van der Waals surface area contributed by atoms with Gasteiger partial charge in [0.05, 0.1) is 19.3 Å². The number of methoxy groups -OCH3 is 1. The maximum absolute atomic E-state index is 5.95. The molecule has 7 nitrogen and oxygen atoms in total. The molecule has 1 aliphatic rings. The summed E-state index contributed by atoms with van der Waals surface area (Å²) in [6.07, 6.45) is 4.26. The Morgan fingerprint density at radius 2 is 1.83 bits per heavy atom. The van der Waals surface area contributed by atoms with Crippen LogP contribution < -0.4 is 14.8 Å². The van der Waals surface area contributed by atoms with Crippen LogP contribution in [0, 0.1) is 0 Å². The van der Waals surface area contributed by atoms with E-state index in [9.17, 15) is 0 Å². The molecule has 1 saturated heterocycles. The summed E-state index contributed by atoms with van der Waals surface area (Å²) in [6.45, 7) is 9.51. The minimum Gasteiger partial charge on any atom is -0.490 e. The zero-order chi connectivity index (χ0) is 21.6. The van der Waals surface area contributed by atoms with Crippen molar-refractivity contribution in [3.05, 3.63) is 23.8 Å². The molecule has 0 saturated carbocycles. The van der Waals surface area contributed by atoms with Crippen molar-refractivity contribution in [2.75, 3.05) is 60.2 Å². The maximum Gasteiger partial charge on any atom is 0.193 e. The first-order chi connectivity index (χ1) is 14.7. The van der Waals surface area contributed by atoms with Gasteiger partial charge in [-0.3, -0.25) is 4.99 Å². The molecular weight excluding hydrogens is 382 g/mol. The SMILES string of the molecule is CCOc1ccc(CCNC(=NC)N2CCC(OCCCOC)CC2)cc1OCC. The predicted molar refractivity (Wildman–Crippen MR) is 121 cm³/mol. The van der Waals surface area contributed by atoms with Crippen LogP contribution in [0.1, 0.15) is 38.7 Å². The lowest BCUT2D eigenvalue weighted by Gasteiger charge is -2.34. The zero-order valence-electron chi connectivity index (χ0n) is 19.1. The van der Waals surface area contributed by atoms with Gasteiger partial charge in [0.25, 0.3) is 0 Å². The van der Waals surface area contributed by atoms with E-state index >= 15 is 0 Å². The molecule has 0 spiro atoms. The number of ether oxygens (including phenoxy) is 4. The van der Waals surface area contributed by atoms with Gasteiger partial charge in [-0.25, -0.2) is 0 Å². The highest BCUT2D eigenvalue weighted by molar-refractivity contribution is 5.80. The van der Waals surface area contributed by atoms with Crippen molar-refractivity contribution in [3.63, 3.8) is 0 Å². The predicted octanol–water partition coefficient (Wildman–Crippen LogP) is 3.12. The number of likely N-dealkylation sites (tertiary alicyclic amines) is 1. The second-order valence-electron chi connectivity index (χ2n) is 7.27. The van der Waals surface area contributed by atoms with Gasteiger partial charge in [0, 0.05) is 47.0 Å². The van der Waals surface area contributed by atoms with Gasteiger partial charge in [0.15, 0.2) is 17.5 Å². The largest absolute Gasteiger partial charge is 0.490 e. The minimum absolute atomic E-state index is 0.344. The number of rotatable bonds is 12.